The summed E-state index contributed by atoms with van der Waals surface area (Å²) in [5.74, 6) is -0.248. The molecule has 3 rings (SSSR count). The molecule has 0 unspecified atom stereocenters. The van der Waals surface area contributed by atoms with Crippen molar-refractivity contribution in [2.24, 2.45) is 0 Å². The monoisotopic (exact) mass is 454 g/mol. The minimum Gasteiger partial charge on any atom is -0.489 e. The smallest absolute Gasteiger partial charge is 0.338 e. The second-order valence-corrected chi connectivity index (χ2v) is 7.53. The number of hydrogen-bond acceptors (Lipinski definition) is 5. The van der Waals surface area contributed by atoms with E-state index >= 15 is 0 Å². The molecule has 172 valence electrons. The second kappa shape index (κ2) is 12.6. The van der Waals surface area contributed by atoms with Gasteiger partial charge in [-0.15, -0.1) is 0 Å². The zero-order chi connectivity index (χ0) is 24.2. The summed E-state index contributed by atoms with van der Waals surface area (Å²) in [6.07, 6.45) is 3.27. The molecular weight excluding hydrogens is 428 g/mol. The first-order valence-electron chi connectivity index (χ1n) is 11.1. The fourth-order valence-corrected chi connectivity index (χ4v) is 3.00. The van der Waals surface area contributed by atoms with Crippen LogP contribution in [-0.2, 0) is 16.1 Å². The van der Waals surface area contributed by atoms with E-state index in [0.29, 0.717) is 35.8 Å². The molecule has 0 saturated heterocycles. The average molecular weight is 455 g/mol. The van der Waals surface area contributed by atoms with E-state index in [4.69, 9.17) is 9.47 Å². The third kappa shape index (κ3) is 7.35. The van der Waals surface area contributed by atoms with Crippen LogP contribution in [0.5, 0.6) is 5.75 Å². The van der Waals surface area contributed by atoms with Gasteiger partial charge in [0.1, 0.15) is 24.0 Å². The lowest BCUT2D eigenvalue weighted by atomic mass is 10.1. The van der Waals surface area contributed by atoms with Crippen LogP contribution in [0.1, 0.15) is 41.3 Å². The first kappa shape index (κ1) is 24.3. The highest BCUT2D eigenvalue weighted by Gasteiger charge is 2.11. The van der Waals surface area contributed by atoms with Crippen molar-refractivity contribution in [1.29, 1.82) is 5.26 Å². The van der Waals surface area contributed by atoms with E-state index in [9.17, 15) is 14.9 Å². The highest BCUT2D eigenvalue weighted by Crippen LogP contribution is 2.17. The molecule has 0 aliphatic heterocycles. The molecule has 1 amide bonds. The Labute approximate surface area is 199 Å². The summed E-state index contributed by atoms with van der Waals surface area (Å²) in [7, 11) is 0. The average Bonchev–Trinajstić information content (AvgIpc) is 2.87. The number of nitrogens with zero attached hydrogens (tertiary/aromatic N) is 1. The van der Waals surface area contributed by atoms with Gasteiger partial charge >= 0.3 is 5.97 Å². The number of benzene rings is 3. The molecule has 0 spiro atoms. The van der Waals surface area contributed by atoms with Gasteiger partial charge in [-0.2, -0.15) is 5.26 Å². The van der Waals surface area contributed by atoms with Gasteiger partial charge in [-0.25, -0.2) is 4.79 Å². The number of ether oxygens (including phenoxy) is 2. The Kier molecular flexibility index (Phi) is 9.00. The summed E-state index contributed by atoms with van der Waals surface area (Å²) in [6.45, 7) is 2.85. The topological polar surface area (TPSA) is 88.4 Å². The minimum atomic E-state index is -0.537. The number of rotatable bonds is 10. The van der Waals surface area contributed by atoms with Crippen molar-refractivity contribution in [3.8, 4) is 11.8 Å². The second-order valence-electron chi connectivity index (χ2n) is 7.53. The first-order chi connectivity index (χ1) is 16.6. The van der Waals surface area contributed by atoms with Crippen LogP contribution in [0.2, 0.25) is 0 Å². The van der Waals surface area contributed by atoms with Gasteiger partial charge in [0.05, 0.1) is 12.2 Å². The molecule has 0 radical (unpaired) electrons. The number of hydrogen-bond donors (Lipinski definition) is 1. The van der Waals surface area contributed by atoms with Gasteiger partial charge in [0.25, 0.3) is 5.91 Å². The van der Waals surface area contributed by atoms with Gasteiger partial charge in [0.15, 0.2) is 0 Å². The van der Waals surface area contributed by atoms with E-state index in [1.54, 1.807) is 48.5 Å². The molecule has 0 fully saturated rings. The maximum absolute atomic E-state index is 12.5. The van der Waals surface area contributed by atoms with E-state index in [0.717, 1.165) is 18.4 Å². The predicted molar refractivity (Wildman–Crippen MR) is 131 cm³/mol. The van der Waals surface area contributed by atoms with Crippen LogP contribution in [-0.4, -0.2) is 18.5 Å². The Morgan fingerprint density at radius 1 is 0.971 bits per heavy atom. The molecule has 0 aliphatic rings. The summed E-state index contributed by atoms with van der Waals surface area (Å²) in [4.78, 5) is 24.5. The van der Waals surface area contributed by atoms with Crippen LogP contribution >= 0.6 is 0 Å². The summed E-state index contributed by atoms with van der Waals surface area (Å²) in [6, 6.07) is 25.3. The zero-order valence-corrected chi connectivity index (χ0v) is 19.0. The fraction of sp³-hybridized carbons (Fsp3) is 0.179. The Hall–Kier alpha value is -4.37. The van der Waals surface area contributed by atoms with Gasteiger partial charge in [0.2, 0.25) is 0 Å². The van der Waals surface area contributed by atoms with Crippen molar-refractivity contribution in [1.82, 2.24) is 0 Å². The maximum atomic E-state index is 12.5. The summed E-state index contributed by atoms with van der Waals surface area (Å²) in [5, 5.41) is 12.1. The number of carbonyl (C=O) groups excluding carboxylic acids is 2. The quantitative estimate of drug-likeness (QED) is 0.182. The molecule has 3 aromatic rings. The number of anilines is 1. The number of amides is 1. The fourth-order valence-electron chi connectivity index (χ4n) is 3.00. The first-order valence-corrected chi connectivity index (χ1v) is 11.1. The van der Waals surface area contributed by atoms with Crippen LogP contribution in [0, 0.1) is 11.3 Å². The number of unbranched alkanes of at least 4 members (excludes halogenated alkanes) is 1. The summed E-state index contributed by atoms with van der Waals surface area (Å²) in [5.41, 5.74) is 2.60. The van der Waals surface area contributed by atoms with E-state index in [2.05, 4.69) is 5.32 Å². The molecule has 1 N–H and O–H groups in total. The molecule has 0 aliphatic carbocycles. The van der Waals surface area contributed by atoms with E-state index in [-0.39, 0.29) is 5.57 Å². The lowest BCUT2D eigenvalue weighted by molar-refractivity contribution is -0.112. The molecule has 6 heteroatoms. The van der Waals surface area contributed by atoms with Crippen molar-refractivity contribution in [3.63, 3.8) is 0 Å². The summed E-state index contributed by atoms with van der Waals surface area (Å²) < 4.78 is 10.9. The molecule has 0 aromatic heterocycles. The van der Waals surface area contributed by atoms with Gasteiger partial charge < -0.3 is 14.8 Å². The molecule has 0 atom stereocenters. The largest absolute Gasteiger partial charge is 0.489 e. The Morgan fingerprint density at radius 3 is 2.32 bits per heavy atom. The highest BCUT2D eigenvalue weighted by molar-refractivity contribution is 6.09. The third-order valence-corrected chi connectivity index (χ3v) is 4.91. The zero-order valence-electron chi connectivity index (χ0n) is 19.0. The predicted octanol–water partition coefficient (Wildman–Crippen LogP) is 5.77. The molecule has 6 nitrogen and oxygen atoms in total. The van der Waals surface area contributed by atoms with Gasteiger partial charge in [-0.3, -0.25) is 4.79 Å². The number of carbonyl (C=O) groups is 2. The van der Waals surface area contributed by atoms with Crippen molar-refractivity contribution in [3.05, 3.63) is 101 Å². The molecule has 0 saturated carbocycles. The number of esters is 1. The van der Waals surface area contributed by atoms with E-state index in [1.165, 1.54) is 6.08 Å². The molecule has 0 bridgehead atoms. The minimum absolute atomic E-state index is 0.0407. The van der Waals surface area contributed by atoms with Crippen LogP contribution in [0.25, 0.3) is 6.08 Å². The lowest BCUT2D eigenvalue weighted by Crippen LogP contribution is -2.13. The van der Waals surface area contributed by atoms with Crippen molar-refractivity contribution < 1.29 is 19.1 Å². The van der Waals surface area contributed by atoms with Crippen LogP contribution in [0.15, 0.2) is 84.4 Å². The molecule has 0 heterocycles. The summed E-state index contributed by atoms with van der Waals surface area (Å²) >= 11 is 0. The van der Waals surface area contributed by atoms with E-state index in [1.807, 2.05) is 43.3 Å². The lowest BCUT2D eigenvalue weighted by Gasteiger charge is -2.07. The van der Waals surface area contributed by atoms with Crippen molar-refractivity contribution in [2.45, 2.75) is 26.4 Å². The number of nitrogens with one attached hydrogen (secondary N) is 1. The molecular formula is C28H26N2O4. The van der Waals surface area contributed by atoms with Gasteiger partial charge in [-0.1, -0.05) is 55.8 Å². The third-order valence-electron chi connectivity index (χ3n) is 4.91. The maximum Gasteiger partial charge on any atom is 0.338 e. The normalized spacial score (nSPS) is 10.8. The Balaban J connectivity index is 1.57. The number of nitriles is 1. The van der Waals surface area contributed by atoms with Gasteiger partial charge in [0, 0.05) is 5.69 Å². The van der Waals surface area contributed by atoms with Crippen molar-refractivity contribution in [2.75, 3.05) is 11.9 Å². The molecule has 3 aromatic carbocycles. The Morgan fingerprint density at radius 2 is 1.68 bits per heavy atom. The highest BCUT2D eigenvalue weighted by atomic mass is 16.5. The Bertz CT molecular complexity index is 1160. The standard InChI is InChI=1S/C28H26N2O4/c1-2-3-17-33-28(32)23-11-13-25(14-12-23)30-27(31)24(19-29)18-21-9-15-26(16-10-21)34-20-22-7-5-4-6-8-22/h4-16,18H,2-3,17,20H2,1H3,(H,30,31)/b24-18-. The van der Waals surface area contributed by atoms with Crippen LogP contribution < -0.4 is 10.1 Å². The van der Waals surface area contributed by atoms with E-state index < -0.39 is 11.9 Å². The van der Waals surface area contributed by atoms with Crippen LogP contribution in [0.3, 0.4) is 0 Å². The van der Waals surface area contributed by atoms with Gasteiger partial charge in [-0.05, 0) is 60.0 Å². The SMILES string of the molecule is CCCCOC(=O)c1ccc(NC(=O)/C(C#N)=C\c2ccc(OCc3ccccc3)cc2)cc1. The molecule has 34 heavy (non-hydrogen) atoms. The van der Waals surface area contributed by atoms with Crippen LogP contribution in [0.4, 0.5) is 5.69 Å². The van der Waals surface area contributed by atoms with Crippen molar-refractivity contribution >= 4 is 23.6 Å².